The smallest absolute Gasteiger partial charge is 0.271 e. The first-order chi connectivity index (χ1) is 10.8. The fourth-order valence-electron chi connectivity index (χ4n) is 2.86. The van der Waals surface area contributed by atoms with Crippen LogP contribution in [0.4, 0.5) is 5.69 Å². The monoisotopic (exact) mass is 343 g/mol. The molecule has 2 rings (SSSR count). The summed E-state index contributed by atoms with van der Waals surface area (Å²) >= 11 is 0. The standard InChI is InChI=1S/C14H21N3O5S/c1-10(15)12-5-3-4-8-16(12)23(20,21)14-9-11(17(18)19)6-7-13(14)22-2/h6-7,9-10,12H,3-5,8,15H2,1-2H3. The third-order valence-corrected chi connectivity index (χ3v) is 6.00. The van der Waals surface area contributed by atoms with Crippen LogP contribution in [0, 0.1) is 10.1 Å². The molecule has 9 heteroatoms. The molecule has 0 amide bonds. The quantitative estimate of drug-likeness (QED) is 0.639. The number of piperidine rings is 1. The van der Waals surface area contributed by atoms with E-state index in [0.29, 0.717) is 13.0 Å². The number of non-ortho nitro benzene ring substituents is 1. The summed E-state index contributed by atoms with van der Waals surface area (Å²) in [6.45, 7) is 2.11. The summed E-state index contributed by atoms with van der Waals surface area (Å²) in [4.78, 5) is 10.1. The first-order valence-corrected chi connectivity index (χ1v) is 8.83. The van der Waals surface area contributed by atoms with Gasteiger partial charge in [0.15, 0.2) is 0 Å². The van der Waals surface area contributed by atoms with Crippen LogP contribution in [0.3, 0.4) is 0 Å². The highest BCUT2D eigenvalue weighted by Gasteiger charge is 2.37. The molecule has 0 bridgehead atoms. The van der Waals surface area contributed by atoms with Crippen molar-refractivity contribution in [2.24, 2.45) is 5.73 Å². The summed E-state index contributed by atoms with van der Waals surface area (Å²) in [6.07, 6.45) is 2.32. The lowest BCUT2D eigenvalue weighted by molar-refractivity contribution is -0.385. The molecule has 0 saturated carbocycles. The summed E-state index contributed by atoms with van der Waals surface area (Å²) in [5.41, 5.74) is 5.64. The van der Waals surface area contributed by atoms with E-state index in [1.807, 2.05) is 0 Å². The van der Waals surface area contributed by atoms with Gasteiger partial charge in [-0.15, -0.1) is 0 Å². The van der Waals surface area contributed by atoms with Gasteiger partial charge in [0, 0.05) is 30.8 Å². The molecule has 0 aliphatic carbocycles. The van der Waals surface area contributed by atoms with Crippen molar-refractivity contribution < 1.29 is 18.1 Å². The van der Waals surface area contributed by atoms with Gasteiger partial charge >= 0.3 is 0 Å². The van der Waals surface area contributed by atoms with Crippen LogP contribution in [0.25, 0.3) is 0 Å². The maximum atomic E-state index is 13.0. The molecule has 2 unspecified atom stereocenters. The summed E-state index contributed by atoms with van der Waals surface area (Å²) in [5, 5.41) is 11.0. The van der Waals surface area contributed by atoms with Gasteiger partial charge in [-0.05, 0) is 25.8 Å². The third kappa shape index (κ3) is 3.46. The van der Waals surface area contributed by atoms with Crippen LogP contribution in [-0.2, 0) is 10.0 Å². The fraction of sp³-hybridized carbons (Fsp3) is 0.571. The molecular weight excluding hydrogens is 322 g/mol. The Morgan fingerprint density at radius 3 is 2.70 bits per heavy atom. The van der Waals surface area contributed by atoms with Crippen LogP contribution in [-0.4, -0.2) is 43.4 Å². The van der Waals surface area contributed by atoms with E-state index >= 15 is 0 Å². The van der Waals surface area contributed by atoms with Crippen LogP contribution in [0.15, 0.2) is 23.1 Å². The Kier molecular flexibility index (Phi) is 5.23. The number of nitrogens with zero attached hydrogens (tertiary/aromatic N) is 2. The minimum atomic E-state index is -3.93. The molecule has 1 heterocycles. The number of nitro benzene ring substituents is 1. The third-order valence-electron chi connectivity index (χ3n) is 4.05. The number of ether oxygens (including phenoxy) is 1. The zero-order valence-corrected chi connectivity index (χ0v) is 14.0. The Bertz CT molecular complexity index is 690. The number of benzene rings is 1. The van der Waals surface area contributed by atoms with E-state index in [2.05, 4.69) is 0 Å². The van der Waals surface area contributed by atoms with Gasteiger partial charge in [0.25, 0.3) is 5.69 Å². The van der Waals surface area contributed by atoms with Gasteiger partial charge in [0.2, 0.25) is 10.0 Å². The van der Waals surface area contributed by atoms with E-state index < -0.39 is 14.9 Å². The van der Waals surface area contributed by atoms with Crippen molar-refractivity contribution in [3.63, 3.8) is 0 Å². The molecule has 0 radical (unpaired) electrons. The molecule has 0 spiro atoms. The van der Waals surface area contributed by atoms with Crippen LogP contribution in [0.1, 0.15) is 26.2 Å². The Morgan fingerprint density at radius 1 is 1.43 bits per heavy atom. The number of nitrogens with two attached hydrogens (primary N) is 1. The Labute approximate surface area is 135 Å². The van der Waals surface area contributed by atoms with Gasteiger partial charge in [-0.1, -0.05) is 6.42 Å². The van der Waals surface area contributed by atoms with Gasteiger partial charge in [-0.25, -0.2) is 8.42 Å². The van der Waals surface area contributed by atoms with E-state index in [-0.39, 0.29) is 28.4 Å². The lowest BCUT2D eigenvalue weighted by Gasteiger charge is -2.37. The van der Waals surface area contributed by atoms with Crippen molar-refractivity contribution >= 4 is 15.7 Å². The Morgan fingerprint density at radius 2 is 2.13 bits per heavy atom. The number of sulfonamides is 1. The first-order valence-electron chi connectivity index (χ1n) is 7.39. The van der Waals surface area contributed by atoms with Gasteiger partial charge in [0.1, 0.15) is 10.6 Å². The maximum absolute atomic E-state index is 13.0. The predicted molar refractivity (Wildman–Crippen MR) is 84.8 cm³/mol. The number of rotatable bonds is 5. The highest BCUT2D eigenvalue weighted by atomic mass is 32.2. The highest BCUT2D eigenvalue weighted by molar-refractivity contribution is 7.89. The molecule has 1 aromatic rings. The summed E-state index contributed by atoms with van der Waals surface area (Å²) < 4.78 is 32.5. The molecule has 0 aromatic heterocycles. The number of hydrogen-bond donors (Lipinski definition) is 1. The molecule has 1 aliphatic rings. The molecule has 2 atom stereocenters. The lowest BCUT2D eigenvalue weighted by atomic mass is 10.00. The molecule has 8 nitrogen and oxygen atoms in total. The molecule has 1 aliphatic heterocycles. The minimum absolute atomic E-state index is 0.0876. The molecular formula is C14H21N3O5S. The van der Waals surface area contributed by atoms with Crippen LogP contribution in [0.5, 0.6) is 5.75 Å². The van der Waals surface area contributed by atoms with E-state index in [9.17, 15) is 18.5 Å². The van der Waals surface area contributed by atoms with E-state index in [1.54, 1.807) is 6.92 Å². The van der Waals surface area contributed by atoms with E-state index in [0.717, 1.165) is 18.9 Å². The molecule has 128 valence electrons. The second kappa shape index (κ2) is 6.81. The van der Waals surface area contributed by atoms with Crippen molar-refractivity contribution in [3.8, 4) is 5.75 Å². The van der Waals surface area contributed by atoms with Crippen LogP contribution in [0.2, 0.25) is 0 Å². The van der Waals surface area contributed by atoms with Crippen molar-refractivity contribution in [3.05, 3.63) is 28.3 Å². The molecule has 2 N–H and O–H groups in total. The van der Waals surface area contributed by atoms with Crippen molar-refractivity contribution in [1.82, 2.24) is 4.31 Å². The molecule has 1 aromatic carbocycles. The Hall–Kier alpha value is -1.71. The lowest BCUT2D eigenvalue weighted by Crippen LogP contribution is -2.51. The molecule has 1 fully saturated rings. The Balaban J connectivity index is 2.53. The highest BCUT2D eigenvalue weighted by Crippen LogP contribution is 2.33. The summed E-state index contributed by atoms with van der Waals surface area (Å²) in [5.74, 6) is 0.0876. The second-order valence-electron chi connectivity index (χ2n) is 5.63. The average Bonchev–Trinajstić information content (AvgIpc) is 2.54. The summed E-state index contributed by atoms with van der Waals surface area (Å²) in [7, 11) is -2.60. The van der Waals surface area contributed by atoms with Crippen LogP contribution < -0.4 is 10.5 Å². The number of nitro groups is 1. The topological polar surface area (TPSA) is 116 Å². The van der Waals surface area contributed by atoms with E-state index in [4.69, 9.17) is 10.5 Å². The average molecular weight is 343 g/mol. The zero-order chi connectivity index (χ0) is 17.2. The maximum Gasteiger partial charge on any atom is 0.271 e. The van der Waals surface area contributed by atoms with Gasteiger partial charge in [-0.3, -0.25) is 10.1 Å². The van der Waals surface area contributed by atoms with Crippen molar-refractivity contribution in [2.45, 2.75) is 43.2 Å². The van der Waals surface area contributed by atoms with Crippen molar-refractivity contribution in [1.29, 1.82) is 0 Å². The normalized spacial score (nSPS) is 20.9. The second-order valence-corrected chi connectivity index (χ2v) is 7.49. The van der Waals surface area contributed by atoms with Crippen molar-refractivity contribution in [2.75, 3.05) is 13.7 Å². The summed E-state index contributed by atoms with van der Waals surface area (Å²) in [6, 6.07) is 2.92. The SMILES string of the molecule is COc1ccc([N+](=O)[O-])cc1S(=O)(=O)N1CCCCC1C(C)N. The minimum Gasteiger partial charge on any atom is -0.495 e. The molecule has 23 heavy (non-hydrogen) atoms. The largest absolute Gasteiger partial charge is 0.495 e. The zero-order valence-electron chi connectivity index (χ0n) is 13.1. The number of hydrogen-bond acceptors (Lipinski definition) is 6. The number of methoxy groups -OCH3 is 1. The van der Waals surface area contributed by atoms with Gasteiger partial charge in [-0.2, -0.15) is 4.31 Å². The van der Waals surface area contributed by atoms with Gasteiger partial charge in [0.05, 0.1) is 12.0 Å². The van der Waals surface area contributed by atoms with Crippen LogP contribution >= 0.6 is 0 Å². The van der Waals surface area contributed by atoms with E-state index in [1.165, 1.54) is 23.5 Å². The molecule has 1 saturated heterocycles. The van der Waals surface area contributed by atoms with Gasteiger partial charge < -0.3 is 10.5 Å². The first kappa shape index (κ1) is 17.6. The fourth-order valence-corrected chi connectivity index (χ4v) is 4.81. The predicted octanol–water partition coefficient (Wildman–Crippen LogP) is 1.49.